The van der Waals surface area contributed by atoms with Crippen LogP contribution < -0.4 is 0 Å². The van der Waals surface area contributed by atoms with Crippen molar-refractivity contribution in [1.82, 2.24) is 4.90 Å². The van der Waals surface area contributed by atoms with Gasteiger partial charge in [-0.2, -0.15) is 5.26 Å². The summed E-state index contributed by atoms with van der Waals surface area (Å²) in [4.78, 5) is 14.1. The van der Waals surface area contributed by atoms with Gasteiger partial charge in [0.15, 0.2) is 0 Å². The van der Waals surface area contributed by atoms with E-state index in [2.05, 4.69) is 6.07 Å². The van der Waals surface area contributed by atoms with E-state index < -0.39 is 5.54 Å². The van der Waals surface area contributed by atoms with Gasteiger partial charge in [0, 0.05) is 7.05 Å². The lowest BCUT2D eigenvalue weighted by molar-refractivity contribution is -0.153. The van der Waals surface area contributed by atoms with Crippen molar-refractivity contribution in [2.24, 2.45) is 0 Å². The van der Waals surface area contributed by atoms with Gasteiger partial charge < -0.3 is 9.64 Å². The minimum absolute atomic E-state index is 0.0179. The van der Waals surface area contributed by atoms with Crippen LogP contribution in [0.15, 0.2) is 0 Å². The lowest BCUT2D eigenvalue weighted by atomic mass is 9.76. The van der Waals surface area contributed by atoms with Crippen molar-refractivity contribution >= 4 is 5.91 Å². The predicted octanol–water partition coefficient (Wildman–Crippen LogP) is 2.63. The maximum atomic E-state index is 12.5. The van der Waals surface area contributed by atoms with Crippen molar-refractivity contribution in [3.63, 3.8) is 0 Å². The van der Waals surface area contributed by atoms with Gasteiger partial charge in [0.2, 0.25) is 0 Å². The van der Waals surface area contributed by atoms with E-state index in [-0.39, 0.29) is 18.1 Å². The van der Waals surface area contributed by atoms with Gasteiger partial charge in [-0.15, -0.1) is 0 Å². The highest BCUT2D eigenvalue weighted by atomic mass is 16.5. The van der Waals surface area contributed by atoms with Crippen molar-refractivity contribution in [1.29, 1.82) is 5.26 Å². The summed E-state index contributed by atoms with van der Waals surface area (Å²) in [5.41, 5.74) is -0.566. The average molecular weight is 264 g/mol. The van der Waals surface area contributed by atoms with Crippen LogP contribution in [0.3, 0.4) is 0 Å². The lowest BCUT2D eigenvalue weighted by Crippen LogP contribution is -2.56. The zero-order chi connectivity index (χ0) is 13.9. The number of ether oxygens (including phenoxy) is 1. The molecule has 0 N–H and O–H groups in total. The summed E-state index contributed by atoms with van der Waals surface area (Å²) in [6, 6.07) is 2.32. The van der Waals surface area contributed by atoms with Crippen molar-refractivity contribution in [3.05, 3.63) is 0 Å². The number of carbonyl (C=O) groups excluding carboxylic acids is 1. The molecule has 2 aliphatic carbocycles. The Morgan fingerprint density at radius 3 is 2.47 bits per heavy atom. The van der Waals surface area contributed by atoms with Gasteiger partial charge in [-0.3, -0.25) is 4.79 Å². The molecule has 0 aliphatic heterocycles. The van der Waals surface area contributed by atoms with Crippen molar-refractivity contribution in [3.8, 4) is 6.07 Å². The number of amides is 1. The number of likely N-dealkylation sites (N-methyl/N-ethyl adjacent to an activating group) is 1. The molecule has 2 saturated carbocycles. The molecule has 0 aromatic carbocycles. The maximum absolute atomic E-state index is 12.5. The average Bonchev–Trinajstić information content (AvgIpc) is 2.87. The van der Waals surface area contributed by atoms with Crippen LogP contribution in [0, 0.1) is 11.3 Å². The zero-order valence-electron chi connectivity index (χ0n) is 12.0. The molecular weight excluding hydrogens is 240 g/mol. The van der Waals surface area contributed by atoms with Crippen LogP contribution in [0.25, 0.3) is 0 Å². The molecule has 0 radical (unpaired) electrons. The Bertz CT molecular complexity index is 365. The maximum Gasteiger partial charge on any atom is 0.252 e. The standard InChI is InChI=1S/C15H24N2O2/c1-3-13(19-12-7-4-5-8-12)14(18)17(2)15(11-16)9-6-10-15/h12-13H,3-10H2,1-2H3/t13-/m0/s1. The first-order valence-electron chi connectivity index (χ1n) is 7.47. The molecule has 0 unspecified atom stereocenters. The first-order chi connectivity index (χ1) is 9.13. The van der Waals surface area contributed by atoms with Gasteiger partial charge in [-0.05, 0) is 38.5 Å². The van der Waals surface area contributed by atoms with Gasteiger partial charge in [-0.25, -0.2) is 0 Å². The first kappa shape index (κ1) is 14.3. The van der Waals surface area contributed by atoms with Crippen molar-refractivity contribution < 1.29 is 9.53 Å². The quantitative estimate of drug-likeness (QED) is 0.767. The molecular formula is C15H24N2O2. The Balaban J connectivity index is 1.97. The van der Waals surface area contributed by atoms with E-state index in [9.17, 15) is 10.1 Å². The fraction of sp³-hybridized carbons (Fsp3) is 0.867. The molecule has 0 aromatic rings. The fourth-order valence-electron chi connectivity index (χ4n) is 3.05. The summed E-state index contributed by atoms with van der Waals surface area (Å²) in [5.74, 6) is -0.0179. The third-order valence-corrected chi connectivity index (χ3v) is 4.67. The zero-order valence-corrected chi connectivity index (χ0v) is 12.0. The molecule has 2 fully saturated rings. The van der Waals surface area contributed by atoms with Crippen molar-refractivity contribution in [2.45, 2.75) is 76.0 Å². The number of hydrogen-bond acceptors (Lipinski definition) is 3. The second-order valence-electron chi connectivity index (χ2n) is 5.83. The second kappa shape index (κ2) is 5.92. The number of hydrogen-bond donors (Lipinski definition) is 0. The lowest BCUT2D eigenvalue weighted by Gasteiger charge is -2.44. The Hall–Kier alpha value is -1.08. The minimum atomic E-state index is -0.566. The summed E-state index contributed by atoms with van der Waals surface area (Å²) in [5, 5.41) is 9.31. The SMILES string of the molecule is CC[C@H](OC1CCCC1)C(=O)N(C)C1(C#N)CCC1. The third kappa shape index (κ3) is 2.76. The molecule has 4 heteroatoms. The molecule has 0 bridgehead atoms. The number of nitriles is 1. The normalized spacial score (nSPS) is 23.4. The summed E-state index contributed by atoms with van der Waals surface area (Å²) < 4.78 is 5.95. The smallest absolute Gasteiger partial charge is 0.252 e. The van der Waals surface area contributed by atoms with E-state index >= 15 is 0 Å². The van der Waals surface area contributed by atoms with Crippen LogP contribution in [0.2, 0.25) is 0 Å². The second-order valence-corrected chi connectivity index (χ2v) is 5.83. The van der Waals surface area contributed by atoms with E-state index in [0.717, 1.165) is 32.1 Å². The summed E-state index contributed by atoms with van der Waals surface area (Å²) in [6.45, 7) is 1.98. The molecule has 4 nitrogen and oxygen atoms in total. The van der Waals surface area contributed by atoms with Crippen LogP contribution in [0.1, 0.15) is 58.3 Å². The summed E-state index contributed by atoms with van der Waals surface area (Å²) >= 11 is 0. The number of nitrogens with zero attached hydrogens (tertiary/aromatic N) is 2. The summed E-state index contributed by atoms with van der Waals surface area (Å²) in [7, 11) is 1.76. The third-order valence-electron chi connectivity index (χ3n) is 4.67. The Labute approximate surface area is 115 Å². The number of carbonyl (C=O) groups is 1. The van der Waals surface area contributed by atoms with Gasteiger partial charge >= 0.3 is 0 Å². The fourth-order valence-corrected chi connectivity index (χ4v) is 3.05. The van der Waals surface area contributed by atoms with Crippen molar-refractivity contribution in [2.75, 3.05) is 7.05 Å². The monoisotopic (exact) mass is 264 g/mol. The summed E-state index contributed by atoms with van der Waals surface area (Å²) in [6.07, 6.45) is 7.71. The van der Waals surface area contributed by atoms with E-state index in [4.69, 9.17) is 4.74 Å². The number of rotatable bonds is 5. The molecule has 106 valence electrons. The van der Waals surface area contributed by atoms with Crippen LogP contribution in [-0.2, 0) is 9.53 Å². The molecule has 2 rings (SSSR count). The minimum Gasteiger partial charge on any atom is -0.365 e. The molecule has 1 amide bonds. The van der Waals surface area contributed by atoms with Crippen LogP contribution in [-0.4, -0.2) is 35.6 Å². The predicted molar refractivity (Wildman–Crippen MR) is 72.4 cm³/mol. The molecule has 1 atom stereocenters. The van der Waals surface area contributed by atoms with E-state index in [1.54, 1.807) is 11.9 Å². The van der Waals surface area contributed by atoms with Crippen LogP contribution in [0.5, 0.6) is 0 Å². The van der Waals surface area contributed by atoms with Gasteiger partial charge in [0.05, 0.1) is 12.2 Å². The van der Waals surface area contributed by atoms with Gasteiger partial charge in [0.1, 0.15) is 11.6 Å². The van der Waals surface area contributed by atoms with E-state index in [1.807, 2.05) is 6.92 Å². The Kier molecular flexibility index (Phi) is 4.46. The van der Waals surface area contributed by atoms with E-state index in [1.165, 1.54) is 12.8 Å². The molecule has 0 heterocycles. The Morgan fingerprint density at radius 2 is 2.05 bits per heavy atom. The molecule has 0 aromatic heterocycles. The molecule has 0 spiro atoms. The van der Waals surface area contributed by atoms with Crippen LogP contribution >= 0.6 is 0 Å². The highest BCUT2D eigenvalue weighted by Crippen LogP contribution is 2.37. The van der Waals surface area contributed by atoms with E-state index in [0.29, 0.717) is 6.42 Å². The highest BCUT2D eigenvalue weighted by molar-refractivity contribution is 5.82. The van der Waals surface area contributed by atoms with Gasteiger partial charge in [0.25, 0.3) is 5.91 Å². The van der Waals surface area contributed by atoms with Gasteiger partial charge in [-0.1, -0.05) is 19.8 Å². The topological polar surface area (TPSA) is 53.3 Å². The molecule has 2 aliphatic rings. The molecule has 0 saturated heterocycles. The largest absolute Gasteiger partial charge is 0.365 e. The first-order valence-corrected chi connectivity index (χ1v) is 7.47. The highest BCUT2D eigenvalue weighted by Gasteiger charge is 2.45. The Morgan fingerprint density at radius 1 is 1.42 bits per heavy atom. The van der Waals surface area contributed by atoms with Crippen LogP contribution in [0.4, 0.5) is 0 Å². The molecule has 19 heavy (non-hydrogen) atoms.